The van der Waals surface area contributed by atoms with E-state index < -0.39 is 200 Å². The number of nitrogens with one attached hydrogen (secondary N) is 5. The molecule has 0 bridgehead atoms. The monoisotopic (exact) mass is 1610 g/mol. The molecular weight excluding hydrogens is 1480 g/mol. The number of phosphoric ester groups is 1. The first-order valence-corrected chi connectivity index (χ1v) is 41.8. The van der Waals surface area contributed by atoms with Gasteiger partial charge in [-0.1, -0.05) is 46.3 Å². The Morgan fingerprint density at radius 2 is 1.32 bits per heavy atom. The third kappa shape index (κ3) is 21.0. The number of Topliss-reactive ketones (excluding diaryl/α,β-unsaturated/α-hetero) is 1. The Kier molecular flexibility index (Phi) is 30.8. The van der Waals surface area contributed by atoms with E-state index in [9.17, 15) is 97.9 Å². The first-order valence-electron chi connectivity index (χ1n) is 40.3. The number of halogens is 1. The number of carboxylic acid groups (broad SMARTS) is 1. The van der Waals surface area contributed by atoms with Crippen LogP contribution in [0.2, 0.25) is 0 Å². The molecular formula is C79H125FN7O24P. The SMILES string of the molecule is C[C@H](CCC(=O)N[C@@H](CCC(=O)N[C@@H](CCCCNC(=O)[C@H](CCCCNC(=O)CCC(=O)OCC(=O)[C@@]1(O)[C@H](C)C[C@H]2[C@@H]3CCC4=CC(=O)C=C[C@]4(C)[C@@]3(F)[C@@H](O)C[C@@]21C)NC(=O)CCC(=O)OCC(O)COP(=O)([O-])OCC[N+](C)(C)C)C(N)=O)C(=O)O)[C@H]1CC[C@H]2C3[C@H](O)C[C@@H]4C[C@H](O)CC[C@]4(C)[C@H]3C[C@H](O)[C@]12C. The maximum Gasteiger partial charge on any atom is 0.326 e. The standard InChI is InChI=1S/C79H125FN7O24P/c1-45(52-19-20-54-70-56(40-61(92)77(52,54)6)74(3)30-28-49(88)38-48(74)39-60(70)91)16-22-65(96)86-59(73(103)104)21-23-66(97)84-57(71(81)101)14-10-13-33-83-72(102)58(85-67(98)25-27-68(99)108-42-51(90)43-111-112(106,107)110-35-34-87(7,8)9)15-11-12-32-82-64(95)24-26-69(100)109-44-63(94)79(105)46(2)36-55-53-18-17-47-37-50(89)29-31-75(47,4)78(53,80)62(93)41-76(55,79)5/h29,31,37,45-46,48-49,51-62,70,88,90-93,105H,10-28,30,32-36,38-44H2,1-9H3,(H8-,81,82,83,84,85,86,95,96,97,98,101,102,103,104,106,107)/t45-,46-,48+,49-,51?,52-,53+,54+,55+,56+,57+,58+,59+,60-,61+,62+,70?,74+,75+,76+,77-,78+,79+/m1/s1. The molecule has 14 N–H and O–H groups in total. The number of esters is 2. The molecule has 0 heterocycles. The molecule has 31 nitrogen and oxygen atoms in total. The summed E-state index contributed by atoms with van der Waals surface area (Å²) in [6, 6.07) is -3.86. The number of allylic oxidation sites excluding steroid dienone is 4. The number of aliphatic hydroxyl groups excluding tert-OH is 5. The number of ketones is 2. The largest absolute Gasteiger partial charge is 0.756 e. The van der Waals surface area contributed by atoms with Gasteiger partial charge in [-0.25, -0.2) is 9.18 Å². The van der Waals surface area contributed by atoms with E-state index in [4.69, 9.17) is 24.3 Å². The number of quaternary nitrogens is 1. The van der Waals surface area contributed by atoms with Gasteiger partial charge < -0.3 is 96.0 Å². The summed E-state index contributed by atoms with van der Waals surface area (Å²) in [7, 11) is 0.658. The number of hydrogen-bond acceptors (Lipinski definition) is 23. The number of unbranched alkanes of at least 4 members (excludes halogenated alkanes) is 2. The second-order valence-electron chi connectivity index (χ2n) is 35.5. The quantitative estimate of drug-likeness (QED) is 0.0181. The average Bonchev–Trinajstić information content (AvgIpc) is 1.41. The number of likely N-dealkylation sites (N-methyl/N-ethyl adjacent to an activating group) is 1. The molecule has 0 aliphatic heterocycles. The van der Waals surface area contributed by atoms with Gasteiger partial charge in [-0.15, -0.1) is 0 Å². The molecule has 8 aliphatic carbocycles. The molecule has 632 valence electrons. The molecule has 3 unspecified atom stereocenters. The van der Waals surface area contributed by atoms with Crippen LogP contribution in [0.1, 0.15) is 202 Å². The van der Waals surface area contributed by atoms with E-state index in [1.807, 2.05) is 28.1 Å². The van der Waals surface area contributed by atoms with Crippen LogP contribution in [0, 0.1) is 74.9 Å². The van der Waals surface area contributed by atoms with Crippen LogP contribution in [-0.4, -0.2) is 232 Å². The highest BCUT2D eigenvalue weighted by Crippen LogP contribution is 2.72. The van der Waals surface area contributed by atoms with Crippen LogP contribution in [0.5, 0.6) is 0 Å². The van der Waals surface area contributed by atoms with E-state index in [2.05, 4.69) is 40.4 Å². The predicted molar refractivity (Wildman–Crippen MR) is 400 cm³/mol. The second-order valence-corrected chi connectivity index (χ2v) is 36.9. The van der Waals surface area contributed by atoms with Gasteiger partial charge >= 0.3 is 17.9 Å². The summed E-state index contributed by atoms with van der Waals surface area (Å²) in [5, 5.41) is 91.6. The molecule has 0 spiro atoms. The zero-order valence-electron chi connectivity index (χ0n) is 66.6. The predicted octanol–water partition coefficient (Wildman–Crippen LogP) is 2.87. The maximum atomic E-state index is 17.7. The summed E-state index contributed by atoms with van der Waals surface area (Å²) in [4.78, 5) is 156. The first kappa shape index (κ1) is 91.3. The highest BCUT2D eigenvalue weighted by molar-refractivity contribution is 7.45. The molecule has 112 heavy (non-hydrogen) atoms. The summed E-state index contributed by atoms with van der Waals surface area (Å²) >= 11 is 0. The molecule has 0 radical (unpaired) electrons. The number of amides is 6. The van der Waals surface area contributed by atoms with Gasteiger partial charge in [0.15, 0.2) is 18.1 Å². The lowest BCUT2D eigenvalue weighted by atomic mass is 9.43. The molecule has 24 atom stereocenters. The number of rotatable bonds is 41. The summed E-state index contributed by atoms with van der Waals surface area (Å²) in [5.74, 6) is -10.1. The van der Waals surface area contributed by atoms with Crippen molar-refractivity contribution in [2.24, 2.45) is 80.7 Å². The number of carbonyl (C=O) groups excluding carboxylic acids is 10. The fraction of sp³-hybridized carbons (Fsp3) is 0.810. The smallest absolute Gasteiger partial charge is 0.326 e. The van der Waals surface area contributed by atoms with Crippen molar-refractivity contribution in [3.63, 3.8) is 0 Å². The normalized spacial score (nSPS) is 34.3. The van der Waals surface area contributed by atoms with Gasteiger partial charge in [0.25, 0.3) is 7.82 Å². The molecule has 0 aromatic carbocycles. The van der Waals surface area contributed by atoms with Crippen molar-refractivity contribution in [3.8, 4) is 0 Å². The van der Waals surface area contributed by atoms with E-state index >= 15 is 4.39 Å². The number of primary amides is 1. The Morgan fingerprint density at radius 3 is 1.98 bits per heavy atom. The van der Waals surface area contributed by atoms with Gasteiger partial charge in [-0.05, 0) is 199 Å². The Morgan fingerprint density at radius 1 is 0.705 bits per heavy atom. The molecule has 8 rings (SSSR count). The molecule has 6 amide bonds. The molecule has 0 saturated heterocycles. The highest BCUT2D eigenvalue weighted by atomic mass is 31.2. The molecule has 33 heteroatoms. The van der Waals surface area contributed by atoms with Crippen molar-refractivity contribution in [2.45, 2.75) is 262 Å². The zero-order chi connectivity index (χ0) is 82.9. The number of phosphoric acid groups is 1. The number of carboxylic acids is 1. The minimum Gasteiger partial charge on any atom is -0.756 e. The second kappa shape index (κ2) is 37.8. The van der Waals surface area contributed by atoms with Gasteiger partial charge in [0, 0.05) is 55.5 Å². The number of alkyl halides is 1. The molecule has 0 aromatic heterocycles. The lowest BCUT2D eigenvalue weighted by Crippen LogP contribution is -2.69. The minimum atomic E-state index is -4.80. The van der Waals surface area contributed by atoms with Crippen LogP contribution >= 0.6 is 7.82 Å². The van der Waals surface area contributed by atoms with Crippen molar-refractivity contribution in [1.29, 1.82) is 0 Å². The fourth-order valence-corrected chi connectivity index (χ4v) is 21.8. The number of carbonyl (C=O) groups is 11. The number of ether oxygens (including phenoxy) is 2. The minimum absolute atomic E-state index is 0.000906. The van der Waals surface area contributed by atoms with Crippen LogP contribution < -0.4 is 37.2 Å². The molecule has 7 saturated carbocycles. The van der Waals surface area contributed by atoms with Gasteiger partial charge in [0.1, 0.15) is 49.6 Å². The Bertz CT molecular complexity index is 3540. The van der Waals surface area contributed by atoms with Gasteiger partial charge in [-0.2, -0.15) is 0 Å². The number of nitrogens with two attached hydrogens (primary N) is 1. The van der Waals surface area contributed by atoms with Crippen LogP contribution in [0.25, 0.3) is 0 Å². The number of fused-ring (bicyclic) bond motifs is 10. The van der Waals surface area contributed by atoms with E-state index in [1.165, 1.54) is 18.2 Å². The van der Waals surface area contributed by atoms with Crippen molar-refractivity contribution in [1.82, 2.24) is 26.6 Å². The number of aliphatic hydroxyl groups is 6. The zero-order valence-corrected chi connectivity index (χ0v) is 67.5. The highest BCUT2D eigenvalue weighted by Gasteiger charge is 2.76. The lowest BCUT2D eigenvalue weighted by Gasteiger charge is -2.63. The molecule has 7 fully saturated rings. The van der Waals surface area contributed by atoms with Gasteiger partial charge in [-0.3, -0.25) is 52.5 Å². The Balaban J connectivity index is 0.759. The maximum absolute atomic E-state index is 17.7. The number of hydrogen-bond donors (Lipinski definition) is 13. The van der Waals surface area contributed by atoms with E-state index in [0.717, 1.165) is 19.3 Å². The van der Waals surface area contributed by atoms with Gasteiger partial charge in [0.05, 0.1) is 65.0 Å². The van der Waals surface area contributed by atoms with E-state index in [0.29, 0.717) is 55.1 Å². The Labute approximate surface area is 655 Å². The third-order valence-electron chi connectivity index (χ3n) is 27.4. The van der Waals surface area contributed by atoms with Crippen LogP contribution in [0.4, 0.5) is 4.39 Å². The average molecular weight is 1610 g/mol. The van der Waals surface area contributed by atoms with Crippen LogP contribution in [0.15, 0.2) is 23.8 Å². The van der Waals surface area contributed by atoms with Gasteiger partial charge in [0.2, 0.25) is 41.2 Å². The topological polar surface area (TPSA) is 493 Å². The van der Waals surface area contributed by atoms with Crippen molar-refractivity contribution >= 4 is 72.7 Å². The van der Waals surface area contributed by atoms with Crippen molar-refractivity contribution in [2.75, 3.05) is 67.2 Å². The summed E-state index contributed by atoms with van der Waals surface area (Å²) in [6.45, 7) is 9.28. The summed E-state index contributed by atoms with van der Waals surface area (Å²) in [5.41, 5.74) is -1.22. The first-order chi connectivity index (χ1) is 52.3. The van der Waals surface area contributed by atoms with E-state index in [-0.39, 0.29) is 150 Å². The van der Waals surface area contributed by atoms with E-state index in [1.54, 1.807) is 20.8 Å². The fourth-order valence-electron chi connectivity index (χ4n) is 21.0. The summed E-state index contributed by atoms with van der Waals surface area (Å²) < 4.78 is 50.0. The van der Waals surface area contributed by atoms with Crippen molar-refractivity contribution < 1.29 is 125 Å². The molecule has 0 aromatic rings. The lowest BCUT2D eigenvalue weighted by molar-refractivity contribution is -0.870. The third-order valence-corrected chi connectivity index (χ3v) is 28.4. The number of nitrogens with zero attached hydrogens (tertiary/aromatic N) is 1. The summed E-state index contributed by atoms with van der Waals surface area (Å²) in [6.07, 6.45) is 3.96. The number of aliphatic carboxylic acids is 1. The molecule has 8 aliphatic rings. The van der Waals surface area contributed by atoms with Crippen molar-refractivity contribution in [3.05, 3.63) is 23.8 Å². The van der Waals surface area contributed by atoms with Crippen LogP contribution in [-0.2, 0) is 75.8 Å². The Hall–Kier alpha value is -6.19. The van der Waals surface area contributed by atoms with Crippen LogP contribution in [0.3, 0.4) is 0 Å².